The zero-order valence-corrected chi connectivity index (χ0v) is 25.3. The van der Waals surface area contributed by atoms with E-state index in [0.29, 0.717) is 54.7 Å². The first-order valence-corrected chi connectivity index (χ1v) is 14.3. The molecular weight excluding hydrogens is 562 g/mol. The summed E-state index contributed by atoms with van der Waals surface area (Å²) in [4.78, 5) is 59.3. The first-order chi connectivity index (χ1) is 19.9. The molecule has 2 aromatic carbocycles. The second kappa shape index (κ2) is 13.1. The van der Waals surface area contributed by atoms with Crippen molar-refractivity contribution in [2.24, 2.45) is 5.41 Å². The number of nitrogens with zero attached hydrogens (tertiary/aromatic N) is 4. The topological polar surface area (TPSA) is 126 Å². The Balaban J connectivity index is 1.66. The van der Waals surface area contributed by atoms with Crippen molar-refractivity contribution in [3.8, 4) is 5.75 Å². The first kappa shape index (κ1) is 31.3. The van der Waals surface area contributed by atoms with Gasteiger partial charge in [0, 0.05) is 51.3 Å². The number of piperazine rings is 2. The summed E-state index contributed by atoms with van der Waals surface area (Å²) in [5.74, 6) is -2.21. The van der Waals surface area contributed by atoms with E-state index in [0.717, 1.165) is 0 Å². The van der Waals surface area contributed by atoms with E-state index in [1.165, 1.54) is 9.80 Å². The van der Waals surface area contributed by atoms with Gasteiger partial charge in [-0.1, -0.05) is 38.4 Å². The summed E-state index contributed by atoms with van der Waals surface area (Å²) in [6, 6.07) is 9.71. The summed E-state index contributed by atoms with van der Waals surface area (Å²) in [6.07, 6.45) is 0.725. The standard InChI is InChI=1S/C30H38ClN5O6/c1-30(2,3)11-10-26(38)42-27-22(34-13-12-33(16-17-41-4)19-25(34)37)6-5-7-23(27)35-14-15-36(29(40)28(35)39)24-18-20(31)8-9-21(24)32/h5-9,18H,10-17,19,32H2,1-4H3. The second-order valence-electron chi connectivity index (χ2n) is 11.6. The van der Waals surface area contributed by atoms with Crippen molar-refractivity contribution in [2.45, 2.75) is 33.6 Å². The van der Waals surface area contributed by atoms with Gasteiger partial charge in [-0.15, -0.1) is 0 Å². The molecule has 2 heterocycles. The Kier molecular flexibility index (Phi) is 9.75. The van der Waals surface area contributed by atoms with Crippen LogP contribution in [0.3, 0.4) is 0 Å². The average Bonchev–Trinajstić information content (AvgIpc) is 2.94. The van der Waals surface area contributed by atoms with Crippen molar-refractivity contribution in [3.63, 3.8) is 0 Å². The van der Waals surface area contributed by atoms with Crippen molar-refractivity contribution >= 4 is 58.0 Å². The molecule has 0 radical (unpaired) electrons. The van der Waals surface area contributed by atoms with Crippen LogP contribution in [0.15, 0.2) is 36.4 Å². The maximum atomic E-state index is 13.5. The summed E-state index contributed by atoms with van der Waals surface area (Å²) in [6.45, 7) is 8.54. The predicted molar refractivity (Wildman–Crippen MR) is 162 cm³/mol. The minimum Gasteiger partial charge on any atom is -0.422 e. The van der Waals surface area contributed by atoms with E-state index >= 15 is 0 Å². The highest BCUT2D eigenvalue weighted by atomic mass is 35.5. The third kappa shape index (κ3) is 7.21. The third-order valence-corrected chi connectivity index (χ3v) is 7.50. The lowest BCUT2D eigenvalue weighted by molar-refractivity contribution is -0.137. The number of methoxy groups -OCH3 is 1. The quantitative estimate of drug-likeness (QED) is 0.201. The lowest BCUT2D eigenvalue weighted by Crippen LogP contribution is -2.55. The number of amides is 3. The number of carbonyl (C=O) groups excluding carboxylic acids is 4. The molecule has 0 aromatic heterocycles. The molecule has 2 aromatic rings. The second-order valence-corrected chi connectivity index (χ2v) is 12.0. The van der Waals surface area contributed by atoms with Crippen LogP contribution in [-0.4, -0.2) is 81.6 Å². The maximum absolute atomic E-state index is 13.5. The fourth-order valence-corrected chi connectivity index (χ4v) is 5.08. The number of anilines is 4. The van der Waals surface area contributed by atoms with E-state index in [1.807, 2.05) is 25.7 Å². The summed E-state index contributed by atoms with van der Waals surface area (Å²) in [5, 5.41) is 0.381. The number of carbonyl (C=O) groups is 4. The van der Waals surface area contributed by atoms with Gasteiger partial charge in [-0.05, 0) is 42.2 Å². The van der Waals surface area contributed by atoms with E-state index in [9.17, 15) is 19.2 Å². The summed E-state index contributed by atoms with van der Waals surface area (Å²) in [5.41, 5.74) is 7.25. The normalized spacial score (nSPS) is 16.8. The molecule has 0 aliphatic carbocycles. The molecule has 0 unspecified atom stereocenters. The Hall–Kier alpha value is -3.67. The summed E-state index contributed by atoms with van der Waals surface area (Å²) < 4.78 is 11.1. The van der Waals surface area contributed by atoms with Gasteiger partial charge in [-0.2, -0.15) is 0 Å². The number of nitrogens with two attached hydrogens (primary N) is 1. The van der Waals surface area contributed by atoms with Gasteiger partial charge in [0.05, 0.1) is 35.9 Å². The fraction of sp³-hybridized carbons (Fsp3) is 0.467. The number of para-hydroxylation sites is 1. The van der Waals surface area contributed by atoms with E-state index in [-0.39, 0.29) is 48.8 Å². The number of nitrogen functional groups attached to an aromatic ring is 1. The molecule has 2 fully saturated rings. The Bertz CT molecular complexity index is 1360. The molecule has 42 heavy (non-hydrogen) atoms. The molecule has 4 rings (SSSR count). The average molecular weight is 600 g/mol. The van der Waals surface area contributed by atoms with E-state index in [4.69, 9.17) is 26.8 Å². The lowest BCUT2D eigenvalue weighted by Gasteiger charge is -2.37. The van der Waals surface area contributed by atoms with Gasteiger partial charge in [-0.25, -0.2) is 0 Å². The maximum Gasteiger partial charge on any atom is 0.317 e. The predicted octanol–water partition coefficient (Wildman–Crippen LogP) is 3.33. The van der Waals surface area contributed by atoms with Crippen LogP contribution >= 0.6 is 11.6 Å². The van der Waals surface area contributed by atoms with Crippen molar-refractivity contribution in [2.75, 3.05) is 73.4 Å². The fourth-order valence-electron chi connectivity index (χ4n) is 4.92. The molecular formula is C30H38ClN5O6. The van der Waals surface area contributed by atoms with Gasteiger partial charge in [-0.3, -0.25) is 29.0 Å². The van der Waals surface area contributed by atoms with Crippen LogP contribution in [-0.2, 0) is 23.9 Å². The Labute approximate surface area is 251 Å². The molecule has 12 heteroatoms. The molecule has 0 spiro atoms. The first-order valence-electron chi connectivity index (χ1n) is 13.9. The molecule has 2 saturated heterocycles. The largest absolute Gasteiger partial charge is 0.422 e. The highest BCUT2D eigenvalue weighted by molar-refractivity contribution is 6.46. The van der Waals surface area contributed by atoms with Crippen LogP contribution in [0.5, 0.6) is 5.75 Å². The highest BCUT2D eigenvalue weighted by Gasteiger charge is 2.38. The smallest absolute Gasteiger partial charge is 0.317 e. The summed E-state index contributed by atoms with van der Waals surface area (Å²) in [7, 11) is 1.61. The van der Waals surface area contributed by atoms with Gasteiger partial charge in [0.1, 0.15) is 0 Å². The molecule has 2 aliphatic heterocycles. The van der Waals surface area contributed by atoms with Crippen molar-refractivity contribution in [1.82, 2.24) is 4.90 Å². The lowest BCUT2D eigenvalue weighted by atomic mass is 9.91. The zero-order valence-electron chi connectivity index (χ0n) is 24.5. The van der Waals surface area contributed by atoms with Crippen molar-refractivity contribution in [3.05, 3.63) is 41.4 Å². The SMILES string of the molecule is COCCN1CCN(c2cccc(N3CCN(c4cc(Cl)ccc4N)C(=O)C3=O)c2OC(=O)CCC(C)(C)C)C(=O)C1. The minimum atomic E-state index is -0.819. The molecule has 226 valence electrons. The molecule has 3 amide bonds. The summed E-state index contributed by atoms with van der Waals surface area (Å²) >= 11 is 6.13. The Morgan fingerprint density at radius 1 is 0.929 bits per heavy atom. The number of rotatable bonds is 9. The minimum absolute atomic E-state index is 0.0759. The molecule has 2 aliphatic rings. The van der Waals surface area contributed by atoms with Crippen LogP contribution in [0.1, 0.15) is 33.6 Å². The van der Waals surface area contributed by atoms with Gasteiger partial charge < -0.3 is 25.0 Å². The van der Waals surface area contributed by atoms with Crippen LogP contribution in [0.4, 0.5) is 22.7 Å². The molecule has 0 atom stereocenters. The van der Waals surface area contributed by atoms with Gasteiger partial charge in [0.15, 0.2) is 5.75 Å². The van der Waals surface area contributed by atoms with Crippen molar-refractivity contribution < 1.29 is 28.7 Å². The Morgan fingerprint density at radius 3 is 2.17 bits per heavy atom. The van der Waals surface area contributed by atoms with E-state index < -0.39 is 17.8 Å². The Morgan fingerprint density at radius 2 is 1.55 bits per heavy atom. The van der Waals surface area contributed by atoms with Crippen LogP contribution in [0.2, 0.25) is 5.02 Å². The molecule has 11 nitrogen and oxygen atoms in total. The van der Waals surface area contributed by atoms with E-state index in [1.54, 1.807) is 48.4 Å². The third-order valence-electron chi connectivity index (χ3n) is 7.27. The molecule has 0 saturated carbocycles. The van der Waals surface area contributed by atoms with Crippen LogP contribution in [0, 0.1) is 5.41 Å². The number of hydrogen-bond donors (Lipinski definition) is 1. The number of benzene rings is 2. The molecule has 2 N–H and O–H groups in total. The zero-order chi connectivity index (χ0) is 30.6. The molecule has 0 bridgehead atoms. The van der Waals surface area contributed by atoms with Gasteiger partial charge in [0.25, 0.3) is 0 Å². The van der Waals surface area contributed by atoms with E-state index in [2.05, 4.69) is 0 Å². The number of hydrogen-bond acceptors (Lipinski definition) is 8. The van der Waals surface area contributed by atoms with Crippen LogP contribution in [0.25, 0.3) is 0 Å². The number of esters is 1. The van der Waals surface area contributed by atoms with Gasteiger partial charge >= 0.3 is 17.8 Å². The number of ether oxygens (including phenoxy) is 2. The number of halogens is 1. The van der Waals surface area contributed by atoms with Crippen molar-refractivity contribution in [1.29, 1.82) is 0 Å². The van der Waals surface area contributed by atoms with Crippen LogP contribution < -0.4 is 25.2 Å². The van der Waals surface area contributed by atoms with Gasteiger partial charge in [0.2, 0.25) is 5.91 Å². The monoisotopic (exact) mass is 599 g/mol. The highest BCUT2D eigenvalue weighted by Crippen LogP contribution is 2.41.